The summed E-state index contributed by atoms with van der Waals surface area (Å²) < 4.78 is 12.1. The number of likely N-dealkylation sites (N-methyl/N-ethyl adjacent to an activating group) is 1. The van der Waals surface area contributed by atoms with Gasteiger partial charge in [0.1, 0.15) is 6.10 Å². The normalized spacial score (nSPS) is 43.0. The number of benzene rings is 1. The minimum absolute atomic E-state index is 0.00782. The Balaban J connectivity index is 1.76. The summed E-state index contributed by atoms with van der Waals surface area (Å²) in [5.74, 6) is 2.00. The fourth-order valence-electron chi connectivity index (χ4n) is 6.65. The van der Waals surface area contributed by atoms with Gasteiger partial charge in [0, 0.05) is 22.4 Å². The monoisotopic (exact) mass is 359 g/mol. The molecule has 5 heteroatoms. The van der Waals surface area contributed by atoms with Gasteiger partial charge in [-0.05, 0) is 56.8 Å². The van der Waals surface area contributed by atoms with E-state index in [1.807, 2.05) is 6.07 Å². The fourth-order valence-corrected chi connectivity index (χ4v) is 6.65. The first kappa shape index (κ1) is 16.8. The van der Waals surface area contributed by atoms with Crippen molar-refractivity contribution in [3.63, 3.8) is 0 Å². The predicted molar refractivity (Wildman–Crippen MR) is 97.8 cm³/mol. The molecule has 1 aromatic rings. The molecule has 2 N–H and O–H groups in total. The Morgan fingerprint density at radius 3 is 2.88 bits per heavy atom. The Bertz CT molecular complexity index is 746. The van der Waals surface area contributed by atoms with Crippen LogP contribution in [0.3, 0.4) is 0 Å². The third-order valence-corrected chi connectivity index (χ3v) is 8.20. The average Bonchev–Trinajstić information content (AvgIpc) is 3.01. The number of likely N-dealkylation sites (tertiary alicyclic amines) is 1. The Morgan fingerprint density at radius 2 is 2.19 bits per heavy atom. The quantitative estimate of drug-likeness (QED) is 0.861. The van der Waals surface area contributed by atoms with Crippen LogP contribution in [0.15, 0.2) is 12.1 Å². The third-order valence-electron chi connectivity index (χ3n) is 8.20. The minimum Gasteiger partial charge on any atom is -0.493 e. The summed E-state index contributed by atoms with van der Waals surface area (Å²) in [6, 6.07) is 4.63. The minimum atomic E-state index is -0.666. The average molecular weight is 359 g/mol. The summed E-state index contributed by atoms with van der Waals surface area (Å²) in [6.45, 7) is 3.10. The molecule has 4 unspecified atom stereocenters. The predicted octanol–water partition coefficient (Wildman–Crippen LogP) is 1.72. The first-order chi connectivity index (χ1) is 12.5. The lowest BCUT2D eigenvalue weighted by Gasteiger charge is -2.62. The molecule has 142 valence electrons. The van der Waals surface area contributed by atoms with E-state index in [2.05, 4.69) is 24.9 Å². The Hall–Kier alpha value is -1.30. The number of nitrogens with zero attached hydrogens (tertiary/aromatic N) is 1. The van der Waals surface area contributed by atoms with Gasteiger partial charge in [-0.2, -0.15) is 0 Å². The van der Waals surface area contributed by atoms with Gasteiger partial charge in [0.05, 0.1) is 19.8 Å². The highest BCUT2D eigenvalue weighted by molar-refractivity contribution is 5.61. The molecule has 2 bridgehead atoms. The summed E-state index contributed by atoms with van der Waals surface area (Å²) in [5.41, 5.74) is 2.00. The van der Waals surface area contributed by atoms with Crippen LogP contribution < -0.4 is 9.47 Å². The van der Waals surface area contributed by atoms with Gasteiger partial charge in [-0.1, -0.05) is 13.0 Å². The number of aliphatic hydroxyl groups excluding tert-OH is 2. The van der Waals surface area contributed by atoms with Gasteiger partial charge in [0.25, 0.3) is 0 Å². The zero-order valence-corrected chi connectivity index (χ0v) is 15.9. The summed E-state index contributed by atoms with van der Waals surface area (Å²) in [5, 5.41) is 21.6. The van der Waals surface area contributed by atoms with Gasteiger partial charge in [-0.3, -0.25) is 0 Å². The zero-order chi connectivity index (χ0) is 18.3. The highest BCUT2D eigenvalue weighted by Crippen LogP contribution is 2.66. The molecular weight excluding hydrogens is 330 g/mol. The van der Waals surface area contributed by atoms with E-state index in [0.717, 1.165) is 43.7 Å². The molecule has 2 aliphatic carbocycles. The molecule has 4 aliphatic rings. The zero-order valence-electron chi connectivity index (χ0n) is 15.9. The molecule has 1 aromatic carbocycles. The number of ether oxygens (including phenoxy) is 2. The molecule has 1 saturated carbocycles. The van der Waals surface area contributed by atoms with Crippen LogP contribution in [0.25, 0.3) is 0 Å². The second kappa shape index (κ2) is 5.37. The van der Waals surface area contributed by atoms with Gasteiger partial charge in [0.15, 0.2) is 11.5 Å². The molecule has 2 heterocycles. The summed E-state index contributed by atoms with van der Waals surface area (Å²) in [7, 11) is 3.90. The van der Waals surface area contributed by atoms with Crippen LogP contribution in [0.1, 0.15) is 37.3 Å². The smallest absolute Gasteiger partial charge is 0.165 e. The highest BCUT2D eigenvalue weighted by atomic mass is 16.5. The van der Waals surface area contributed by atoms with Gasteiger partial charge < -0.3 is 24.6 Å². The topological polar surface area (TPSA) is 62.2 Å². The Kier molecular flexibility index (Phi) is 3.48. The van der Waals surface area contributed by atoms with Crippen LogP contribution in [-0.2, 0) is 11.8 Å². The molecule has 2 fully saturated rings. The van der Waals surface area contributed by atoms with Crippen LogP contribution in [0, 0.1) is 11.3 Å². The van der Waals surface area contributed by atoms with Crippen LogP contribution in [0.5, 0.6) is 11.5 Å². The maximum atomic E-state index is 11.4. The van der Waals surface area contributed by atoms with Gasteiger partial charge in [-0.15, -0.1) is 0 Å². The second-order valence-electron chi connectivity index (χ2n) is 8.84. The molecular formula is C21H29NO4. The van der Waals surface area contributed by atoms with Crippen molar-refractivity contribution in [2.45, 2.75) is 56.3 Å². The first-order valence-electron chi connectivity index (χ1n) is 9.88. The fraction of sp³-hybridized carbons (Fsp3) is 0.714. The summed E-state index contributed by atoms with van der Waals surface area (Å²) in [4.78, 5) is 2.48. The van der Waals surface area contributed by atoms with Crippen molar-refractivity contribution >= 4 is 0 Å². The van der Waals surface area contributed by atoms with Crippen molar-refractivity contribution in [2.24, 2.45) is 11.3 Å². The van der Waals surface area contributed by atoms with E-state index in [1.165, 1.54) is 11.1 Å². The van der Waals surface area contributed by atoms with Crippen LogP contribution in [-0.4, -0.2) is 60.7 Å². The largest absolute Gasteiger partial charge is 0.493 e. The second-order valence-corrected chi connectivity index (χ2v) is 8.84. The summed E-state index contributed by atoms with van der Waals surface area (Å²) in [6.07, 6.45) is 2.65. The van der Waals surface area contributed by atoms with Gasteiger partial charge in [-0.25, -0.2) is 0 Å². The molecule has 0 aromatic heterocycles. The molecule has 6 atom stereocenters. The molecule has 0 amide bonds. The van der Waals surface area contributed by atoms with Gasteiger partial charge >= 0.3 is 0 Å². The Morgan fingerprint density at radius 1 is 1.38 bits per heavy atom. The van der Waals surface area contributed by atoms with Crippen molar-refractivity contribution in [3.05, 3.63) is 23.3 Å². The first-order valence-corrected chi connectivity index (χ1v) is 9.88. The van der Waals surface area contributed by atoms with E-state index < -0.39 is 11.5 Å². The number of hydrogen-bond donors (Lipinski definition) is 2. The van der Waals surface area contributed by atoms with E-state index in [4.69, 9.17) is 9.47 Å². The molecule has 1 saturated heterocycles. The van der Waals surface area contributed by atoms with E-state index in [1.54, 1.807) is 7.11 Å². The molecule has 0 radical (unpaired) electrons. The number of hydrogen-bond acceptors (Lipinski definition) is 5. The third kappa shape index (κ3) is 1.73. The van der Waals surface area contributed by atoms with E-state index in [9.17, 15) is 10.2 Å². The lowest BCUT2D eigenvalue weighted by atomic mass is 9.46. The highest BCUT2D eigenvalue weighted by Gasteiger charge is 2.69. The number of aliphatic hydroxyl groups is 2. The molecule has 26 heavy (non-hydrogen) atoms. The molecule has 5 rings (SSSR count). The maximum absolute atomic E-state index is 11.4. The van der Waals surface area contributed by atoms with Crippen molar-refractivity contribution in [1.29, 1.82) is 0 Å². The summed E-state index contributed by atoms with van der Waals surface area (Å²) >= 11 is 0. The lowest BCUT2D eigenvalue weighted by molar-refractivity contribution is -0.177. The van der Waals surface area contributed by atoms with Crippen molar-refractivity contribution < 1.29 is 19.7 Å². The van der Waals surface area contributed by atoms with Crippen molar-refractivity contribution in [2.75, 3.05) is 27.3 Å². The van der Waals surface area contributed by atoms with Crippen LogP contribution >= 0.6 is 0 Å². The van der Waals surface area contributed by atoms with Crippen molar-refractivity contribution in [1.82, 2.24) is 4.90 Å². The maximum Gasteiger partial charge on any atom is 0.165 e. The van der Waals surface area contributed by atoms with E-state index in [0.29, 0.717) is 12.0 Å². The van der Waals surface area contributed by atoms with Crippen LogP contribution in [0.4, 0.5) is 0 Å². The lowest BCUT2D eigenvalue weighted by Crippen LogP contribution is -2.70. The van der Waals surface area contributed by atoms with Crippen LogP contribution in [0.2, 0.25) is 0 Å². The van der Waals surface area contributed by atoms with E-state index >= 15 is 0 Å². The van der Waals surface area contributed by atoms with Crippen molar-refractivity contribution in [3.8, 4) is 11.5 Å². The molecule has 5 nitrogen and oxygen atoms in total. The number of rotatable bonds is 3. The molecule has 1 spiro atoms. The molecule has 2 aliphatic heterocycles. The van der Waals surface area contributed by atoms with Gasteiger partial charge in [0.2, 0.25) is 0 Å². The van der Waals surface area contributed by atoms with E-state index in [-0.39, 0.29) is 18.1 Å². The number of piperidine rings is 1. The number of methoxy groups -OCH3 is 1. The SMILES string of the molecule is CC[C@]1(CO)CC2C3Cc4ccc(OC)c5c4C2(CCN3C)C(O5)[C@@H]1O. The Labute approximate surface area is 154 Å². The standard InChI is InChI=1S/C21H29NO4/c1-4-20(11-23)10-13-14-9-12-5-6-15(25-3)17-16(12)21(13,7-8-22(14)2)19(26-17)18(20)24/h5-6,13-14,18-19,23-24H,4,7-11H2,1-3H3/t13?,14?,18-,19?,20+,21?/m0/s1.